The summed E-state index contributed by atoms with van der Waals surface area (Å²) >= 11 is 5.97. The van der Waals surface area contributed by atoms with E-state index in [-0.39, 0.29) is 0 Å². The lowest BCUT2D eigenvalue weighted by atomic mass is 9.95. The van der Waals surface area contributed by atoms with Crippen molar-refractivity contribution in [2.45, 2.75) is 45.7 Å². The molecule has 0 aromatic carbocycles. The summed E-state index contributed by atoms with van der Waals surface area (Å²) in [5.74, 6) is 0.399. The van der Waals surface area contributed by atoms with Crippen molar-refractivity contribution < 1.29 is 0 Å². The molecule has 88 valence electrons. The van der Waals surface area contributed by atoms with E-state index >= 15 is 0 Å². The lowest BCUT2D eigenvalue weighted by Gasteiger charge is -2.32. The molecular weight excluding hydrogens is 222 g/mol. The number of halogens is 1. The smallest absolute Gasteiger partial charge is 0.222 e. The maximum atomic E-state index is 5.97. The number of aromatic nitrogens is 2. The van der Waals surface area contributed by atoms with E-state index < -0.39 is 0 Å². The summed E-state index contributed by atoms with van der Waals surface area (Å²) in [7, 11) is 2.15. The third kappa shape index (κ3) is 2.06. The minimum atomic E-state index is 0.388. The third-order valence-electron chi connectivity index (χ3n) is 3.29. The summed E-state index contributed by atoms with van der Waals surface area (Å²) < 4.78 is 0. The Labute approximate surface area is 102 Å². The SMILES string of the molecule is CC(C)c1nc(Cl)nc2c1CN(C)C(C)C2. The zero-order valence-electron chi connectivity index (χ0n) is 10.3. The first-order chi connectivity index (χ1) is 7.49. The van der Waals surface area contributed by atoms with Crippen molar-refractivity contribution in [1.82, 2.24) is 14.9 Å². The van der Waals surface area contributed by atoms with Crippen LogP contribution in [0.15, 0.2) is 0 Å². The Hall–Kier alpha value is -0.670. The topological polar surface area (TPSA) is 29.0 Å². The van der Waals surface area contributed by atoms with Crippen LogP contribution in [-0.2, 0) is 13.0 Å². The van der Waals surface area contributed by atoms with Gasteiger partial charge in [0.15, 0.2) is 0 Å². The van der Waals surface area contributed by atoms with Crippen molar-refractivity contribution in [3.8, 4) is 0 Å². The van der Waals surface area contributed by atoms with Crippen molar-refractivity contribution >= 4 is 11.6 Å². The van der Waals surface area contributed by atoms with Crippen LogP contribution in [0.5, 0.6) is 0 Å². The van der Waals surface area contributed by atoms with E-state index in [0.717, 1.165) is 24.4 Å². The number of hydrogen-bond acceptors (Lipinski definition) is 3. The molecule has 4 heteroatoms. The van der Waals surface area contributed by atoms with E-state index in [1.807, 2.05) is 0 Å². The summed E-state index contributed by atoms with van der Waals surface area (Å²) in [5, 5.41) is 0.388. The van der Waals surface area contributed by atoms with Crippen LogP contribution in [0.1, 0.15) is 43.6 Å². The lowest BCUT2D eigenvalue weighted by molar-refractivity contribution is 0.226. The van der Waals surface area contributed by atoms with Gasteiger partial charge in [-0.2, -0.15) is 0 Å². The molecule has 1 aromatic rings. The molecular formula is C12H18ClN3. The Bertz CT molecular complexity index is 403. The molecule has 3 nitrogen and oxygen atoms in total. The molecule has 1 aliphatic heterocycles. The minimum absolute atomic E-state index is 0.388. The highest BCUT2D eigenvalue weighted by atomic mass is 35.5. The molecule has 0 spiro atoms. The van der Waals surface area contributed by atoms with Crippen LogP contribution in [0.4, 0.5) is 0 Å². The highest BCUT2D eigenvalue weighted by molar-refractivity contribution is 6.28. The van der Waals surface area contributed by atoms with Gasteiger partial charge in [0.1, 0.15) is 0 Å². The normalized spacial score (nSPS) is 21.2. The zero-order chi connectivity index (χ0) is 11.9. The Morgan fingerprint density at radius 2 is 2.06 bits per heavy atom. The second-order valence-electron chi connectivity index (χ2n) is 4.93. The summed E-state index contributed by atoms with van der Waals surface area (Å²) in [5.41, 5.74) is 3.52. The maximum Gasteiger partial charge on any atom is 0.222 e. The van der Waals surface area contributed by atoms with Crippen molar-refractivity contribution in [1.29, 1.82) is 0 Å². The van der Waals surface area contributed by atoms with Crippen LogP contribution < -0.4 is 0 Å². The highest BCUT2D eigenvalue weighted by Crippen LogP contribution is 2.27. The molecule has 2 rings (SSSR count). The average molecular weight is 240 g/mol. The van der Waals surface area contributed by atoms with E-state index in [0.29, 0.717) is 17.2 Å². The van der Waals surface area contributed by atoms with Crippen LogP contribution in [0, 0.1) is 0 Å². The molecule has 0 saturated heterocycles. The third-order valence-corrected chi connectivity index (χ3v) is 3.46. The lowest BCUT2D eigenvalue weighted by Crippen LogP contribution is -2.36. The molecule has 0 amide bonds. The molecule has 0 aliphatic carbocycles. The summed E-state index contributed by atoms with van der Waals surface area (Å²) in [4.78, 5) is 11.1. The molecule has 0 saturated carbocycles. The fourth-order valence-electron chi connectivity index (χ4n) is 2.18. The average Bonchev–Trinajstić information content (AvgIpc) is 2.19. The quantitative estimate of drug-likeness (QED) is 0.706. The van der Waals surface area contributed by atoms with E-state index in [1.54, 1.807) is 0 Å². The molecule has 1 aromatic heterocycles. The number of nitrogens with zero attached hydrogens (tertiary/aromatic N) is 3. The van der Waals surface area contributed by atoms with Gasteiger partial charge in [0.05, 0.1) is 11.4 Å². The zero-order valence-corrected chi connectivity index (χ0v) is 11.0. The van der Waals surface area contributed by atoms with Crippen molar-refractivity contribution in [3.05, 3.63) is 22.2 Å². The fourth-order valence-corrected chi connectivity index (χ4v) is 2.37. The standard InChI is InChI=1S/C12H18ClN3/c1-7(2)11-9-6-16(4)8(3)5-10(9)14-12(13)15-11/h7-8H,5-6H2,1-4H3. The number of rotatable bonds is 1. The number of likely N-dealkylation sites (N-methyl/N-ethyl adjacent to an activating group) is 1. The van der Waals surface area contributed by atoms with Gasteiger partial charge in [-0.15, -0.1) is 0 Å². The molecule has 0 N–H and O–H groups in total. The fraction of sp³-hybridized carbons (Fsp3) is 0.667. The highest BCUT2D eigenvalue weighted by Gasteiger charge is 2.25. The molecule has 0 bridgehead atoms. The Balaban J connectivity index is 2.50. The Morgan fingerprint density at radius 1 is 1.38 bits per heavy atom. The first kappa shape index (κ1) is 11.8. The van der Waals surface area contributed by atoms with Crippen LogP contribution >= 0.6 is 11.6 Å². The predicted octanol–water partition coefficient (Wildman–Crippen LogP) is 2.63. The van der Waals surface area contributed by atoms with Crippen LogP contribution in [-0.4, -0.2) is 28.0 Å². The van der Waals surface area contributed by atoms with E-state index in [1.165, 1.54) is 5.56 Å². The van der Waals surface area contributed by atoms with E-state index in [2.05, 4.69) is 42.7 Å². The second-order valence-corrected chi connectivity index (χ2v) is 5.26. The van der Waals surface area contributed by atoms with Crippen molar-refractivity contribution in [2.24, 2.45) is 0 Å². The summed E-state index contributed by atoms with van der Waals surface area (Å²) in [6.45, 7) is 7.45. The molecule has 0 radical (unpaired) electrons. The Kier molecular flexibility index (Phi) is 3.17. The van der Waals surface area contributed by atoms with Gasteiger partial charge >= 0.3 is 0 Å². The molecule has 2 heterocycles. The summed E-state index contributed by atoms with van der Waals surface area (Å²) in [6, 6.07) is 0.526. The van der Waals surface area contributed by atoms with Gasteiger partial charge in [0.2, 0.25) is 5.28 Å². The number of hydrogen-bond donors (Lipinski definition) is 0. The van der Waals surface area contributed by atoms with Crippen LogP contribution in [0.25, 0.3) is 0 Å². The maximum absolute atomic E-state index is 5.97. The van der Waals surface area contributed by atoms with Gasteiger partial charge in [-0.25, -0.2) is 9.97 Å². The van der Waals surface area contributed by atoms with Crippen molar-refractivity contribution in [2.75, 3.05) is 7.05 Å². The van der Waals surface area contributed by atoms with Gasteiger partial charge in [-0.1, -0.05) is 13.8 Å². The molecule has 1 atom stereocenters. The van der Waals surface area contributed by atoms with Crippen LogP contribution in [0.3, 0.4) is 0 Å². The van der Waals surface area contributed by atoms with E-state index in [4.69, 9.17) is 11.6 Å². The van der Waals surface area contributed by atoms with Gasteiger partial charge in [-0.05, 0) is 31.5 Å². The Morgan fingerprint density at radius 3 is 2.69 bits per heavy atom. The van der Waals surface area contributed by atoms with E-state index in [9.17, 15) is 0 Å². The monoisotopic (exact) mass is 239 g/mol. The number of fused-ring (bicyclic) bond motifs is 1. The first-order valence-electron chi connectivity index (χ1n) is 5.74. The molecule has 1 unspecified atom stereocenters. The molecule has 0 fully saturated rings. The summed E-state index contributed by atoms with van der Waals surface area (Å²) in [6.07, 6.45) is 0.966. The van der Waals surface area contributed by atoms with Gasteiger partial charge < -0.3 is 0 Å². The first-order valence-corrected chi connectivity index (χ1v) is 6.12. The molecule has 1 aliphatic rings. The molecule has 16 heavy (non-hydrogen) atoms. The van der Waals surface area contributed by atoms with Crippen LogP contribution in [0.2, 0.25) is 5.28 Å². The predicted molar refractivity (Wildman–Crippen MR) is 65.8 cm³/mol. The van der Waals surface area contributed by atoms with Gasteiger partial charge in [-0.3, -0.25) is 4.90 Å². The van der Waals surface area contributed by atoms with Gasteiger partial charge in [0, 0.05) is 24.6 Å². The van der Waals surface area contributed by atoms with Gasteiger partial charge in [0.25, 0.3) is 0 Å². The van der Waals surface area contributed by atoms with Crippen molar-refractivity contribution in [3.63, 3.8) is 0 Å². The minimum Gasteiger partial charge on any atom is -0.299 e. The second kappa shape index (κ2) is 4.30. The largest absolute Gasteiger partial charge is 0.299 e.